The van der Waals surface area contributed by atoms with Crippen molar-refractivity contribution >= 4 is 78.0 Å². The summed E-state index contributed by atoms with van der Waals surface area (Å²) in [4.78, 5) is 2.83. The maximum absolute atomic E-state index is 10.5. The minimum Gasteiger partial charge on any atom is -0.311 e. The van der Waals surface area contributed by atoms with Crippen molar-refractivity contribution in [2.45, 2.75) is 97.8 Å². The van der Waals surface area contributed by atoms with Gasteiger partial charge in [0.25, 0.3) is 6.71 Å². The molecular weight excluding hydrogens is 780 g/mol. The van der Waals surface area contributed by atoms with Crippen molar-refractivity contribution in [2.24, 2.45) is 0 Å². The van der Waals surface area contributed by atoms with E-state index in [4.69, 9.17) is 6.85 Å². The van der Waals surface area contributed by atoms with Crippen LogP contribution in [0.25, 0.3) is 32.3 Å². The Bertz CT molecular complexity index is 4250. The quantitative estimate of drug-likeness (QED) is 0.163. The number of hydrogen-bond donors (Lipinski definition) is 0. The van der Waals surface area contributed by atoms with E-state index in [2.05, 4.69) is 0 Å². The Morgan fingerprint density at radius 3 is 1.70 bits per heavy atom. The van der Waals surface area contributed by atoms with Gasteiger partial charge >= 0.3 is 0 Å². The second-order valence-electron chi connectivity index (χ2n) is 20.3. The molecule has 0 bridgehead atoms. The van der Waals surface area contributed by atoms with Crippen molar-refractivity contribution in [1.29, 1.82) is 0 Å². The molecule has 0 spiro atoms. The standard InChI is InChI=1S/C59H57BN2S/c1-56(2,3)38-21-26-41(27-22-38)61-49-30-25-40(58(7,8)9)33-48(49)60-53-50(61)31-37(36-17-13-12-14-18-36)32-51(53)62(42-28-23-39(24-29-42)57(4,5)6)54-45-34-44-43-19-15-16-20-46(43)59(10,11)47(44)35-52(45)63-55(54)60/h12-35H,1-11H3/i12D,13D,14D,15D,16D,17D,18D,19D,20D,21D,22D,23D,24D,25D,26D,27D,28D,29D,30D,33D. The summed E-state index contributed by atoms with van der Waals surface area (Å²) in [6.45, 7) is 18.5. The molecule has 2 aliphatic heterocycles. The summed E-state index contributed by atoms with van der Waals surface area (Å²) >= 11 is 1.24. The van der Waals surface area contributed by atoms with E-state index in [-0.39, 0.29) is 109 Å². The van der Waals surface area contributed by atoms with E-state index in [0.29, 0.717) is 31.6 Å². The molecule has 3 heterocycles. The number of hydrogen-bond acceptors (Lipinski definition) is 3. The molecule has 0 saturated carbocycles. The number of benzene rings is 7. The average Bonchev–Trinajstić information content (AvgIpc) is 1.82. The third kappa shape index (κ3) is 6.11. The van der Waals surface area contributed by atoms with Gasteiger partial charge in [0.05, 0.1) is 33.1 Å². The van der Waals surface area contributed by atoms with Crippen molar-refractivity contribution in [3.63, 3.8) is 0 Å². The molecule has 2 nitrogen and oxygen atoms in total. The largest absolute Gasteiger partial charge is 0.311 e. The van der Waals surface area contributed by atoms with Gasteiger partial charge in [-0.15, -0.1) is 11.3 Å². The van der Waals surface area contributed by atoms with Crippen LogP contribution < -0.4 is 25.5 Å². The molecule has 7 aromatic carbocycles. The minimum absolute atomic E-state index is 0.0230. The second-order valence-corrected chi connectivity index (χ2v) is 21.4. The van der Waals surface area contributed by atoms with Crippen LogP contribution in [0.5, 0.6) is 0 Å². The molecule has 1 aromatic heterocycles. The zero-order chi connectivity index (χ0) is 61.4. The molecule has 4 heteroatoms. The predicted octanol–water partition coefficient (Wildman–Crippen LogP) is 14.8. The molecule has 0 unspecified atom stereocenters. The highest BCUT2D eigenvalue weighted by atomic mass is 32.1. The predicted molar refractivity (Wildman–Crippen MR) is 275 cm³/mol. The first-order chi connectivity index (χ1) is 38.2. The average molecular weight is 857 g/mol. The lowest BCUT2D eigenvalue weighted by molar-refractivity contribution is 0.590. The zero-order valence-electron chi connectivity index (χ0n) is 57.2. The minimum atomic E-state index is -1.18. The van der Waals surface area contributed by atoms with Crippen LogP contribution in [0.3, 0.4) is 0 Å². The van der Waals surface area contributed by atoms with Crippen LogP contribution in [0.1, 0.15) is 131 Å². The summed E-state index contributed by atoms with van der Waals surface area (Å²) in [5.41, 5.74) is -2.42. The lowest BCUT2D eigenvalue weighted by Gasteiger charge is -2.44. The lowest BCUT2D eigenvalue weighted by atomic mass is 9.36. The summed E-state index contributed by atoms with van der Waals surface area (Å²) in [5.74, 6) is 0. The number of thiophene rings is 1. The fraction of sp³-hybridized carbons (Fsp3) is 0.254. The molecule has 3 aliphatic rings. The van der Waals surface area contributed by atoms with Crippen molar-refractivity contribution in [3.8, 4) is 22.3 Å². The summed E-state index contributed by atoms with van der Waals surface area (Å²) < 4.78 is 191. The van der Waals surface area contributed by atoms with E-state index in [1.165, 1.54) is 33.3 Å². The third-order valence-electron chi connectivity index (χ3n) is 12.5. The van der Waals surface area contributed by atoms with Crippen LogP contribution in [-0.4, -0.2) is 6.71 Å². The van der Waals surface area contributed by atoms with Gasteiger partial charge in [-0.1, -0.05) is 167 Å². The van der Waals surface area contributed by atoms with Crippen molar-refractivity contribution in [2.75, 3.05) is 9.80 Å². The molecule has 0 atom stereocenters. The molecule has 1 aliphatic carbocycles. The molecule has 11 rings (SSSR count). The van der Waals surface area contributed by atoms with E-state index in [9.17, 15) is 20.6 Å². The fourth-order valence-electron chi connectivity index (χ4n) is 9.12. The molecular formula is C59H57BN2S. The molecule has 63 heavy (non-hydrogen) atoms. The van der Waals surface area contributed by atoms with E-state index in [0.717, 1.165) is 0 Å². The van der Waals surface area contributed by atoms with Crippen LogP contribution >= 0.6 is 11.3 Å². The van der Waals surface area contributed by atoms with Gasteiger partial charge in [0.2, 0.25) is 0 Å². The number of anilines is 6. The fourth-order valence-corrected chi connectivity index (χ4v) is 10.4. The lowest BCUT2D eigenvalue weighted by Crippen LogP contribution is -2.60. The van der Waals surface area contributed by atoms with Gasteiger partial charge in [0, 0.05) is 48.7 Å². The Kier molecular flexibility index (Phi) is 5.12. The van der Waals surface area contributed by atoms with Crippen LogP contribution in [-0.2, 0) is 21.7 Å². The number of rotatable bonds is 3. The summed E-state index contributed by atoms with van der Waals surface area (Å²) in [6, 6.07) is -2.73. The zero-order valence-corrected chi connectivity index (χ0v) is 38.0. The Hall–Kier alpha value is -5.84. The molecule has 0 radical (unpaired) electrons. The Labute approximate surface area is 407 Å². The summed E-state index contributed by atoms with van der Waals surface area (Å²) in [7, 11) is 0. The van der Waals surface area contributed by atoms with Crippen LogP contribution in [0.15, 0.2) is 145 Å². The van der Waals surface area contributed by atoms with E-state index >= 15 is 0 Å². The van der Waals surface area contributed by atoms with Gasteiger partial charge in [-0.3, -0.25) is 0 Å². The van der Waals surface area contributed by atoms with E-state index in [1.54, 1.807) is 68.4 Å². The topological polar surface area (TPSA) is 6.48 Å². The first-order valence-electron chi connectivity index (χ1n) is 31.2. The smallest absolute Gasteiger partial charge is 0.264 e. The van der Waals surface area contributed by atoms with Gasteiger partial charge in [0.1, 0.15) is 0 Å². The first-order valence-corrected chi connectivity index (χ1v) is 22.0. The highest BCUT2D eigenvalue weighted by Gasteiger charge is 2.47. The summed E-state index contributed by atoms with van der Waals surface area (Å²) in [6.07, 6.45) is 0. The van der Waals surface area contributed by atoms with E-state index in [1.807, 2.05) is 19.9 Å². The highest BCUT2D eigenvalue weighted by Crippen LogP contribution is 2.54. The Morgan fingerprint density at radius 2 is 1.08 bits per heavy atom. The Balaban J connectivity index is 1.44. The Morgan fingerprint density at radius 1 is 0.524 bits per heavy atom. The van der Waals surface area contributed by atoms with Gasteiger partial charge in [0.15, 0.2) is 0 Å². The molecule has 312 valence electrons. The van der Waals surface area contributed by atoms with Crippen LogP contribution in [0.4, 0.5) is 34.1 Å². The molecule has 0 amide bonds. The number of nitrogens with zero attached hydrogens (tertiary/aromatic N) is 2. The van der Waals surface area contributed by atoms with Gasteiger partial charge in [-0.05, 0) is 132 Å². The van der Waals surface area contributed by atoms with Crippen LogP contribution in [0, 0.1) is 0 Å². The molecule has 0 N–H and O–H groups in total. The SMILES string of the molecule is [2H]c1c([2H])c([2H])c(-c2cc3c4c(c2)N(c2c([2H])c([2H])c(C(C)(C)C)c([2H])c2[2H])c2c(sc5cc6c(cc25)-c2c([2H])c([2H])c([2H])c([2H])c2C6(C)C)B4c2c([2H])c(C(C)(C)C)c([2H])c([2H])c2N3c2c([2H])c([2H])c(C(C)(C)C)c([2H])c2[2H])c([2H])c1[2H]. The maximum atomic E-state index is 10.5. The highest BCUT2D eigenvalue weighted by molar-refractivity contribution is 7.33. The van der Waals surface area contributed by atoms with Crippen molar-refractivity contribution in [3.05, 3.63) is 173 Å². The first kappa shape index (κ1) is 23.7. The second kappa shape index (κ2) is 13.6. The van der Waals surface area contributed by atoms with Gasteiger partial charge in [-0.2, -0.15) is 0 Å². The van der Waals surface area contributed by atoms with Crippen molar-refractivity contribution < 1.29 is 27.4 Å². The summed E-state index contributed by atoms with van der Waals surface area (Å²) in [5, 5.41) is 0.407. The third-order valence-corrected chi connectivity index (χ3v) is 13.7. The molecule has 0 saturated heterocycles. The van der Waals surface area contributed by atoms with Gasteiger partial charge in [-0.25, -0.2) is 0 Å². The maximum Gasteiger partial charge on any atom is 0.264 e. The monoisotopic (exact) mass is 857 g/mol. The van der Waals surface area contributed by atoms with Crippen LogP contribution in [0.2, 0.25) is 0 Å². The molecule has 8 aromatic rings. The van der Waals surface area contributed by atoms with E-state index < -0.39 is 119 Å². The van der Waals surface area contributed by atoms with Gasteiger partial charge < -0.3 is 9.80 Å². The normalized spacial score (nSPS) is 19.4. The molecule has 0 fully saturated rings. The number of fused-ring (bicyclic) bond motifs is 9. The van der Waals surface area contributed by atoms with Crippen molar-refractivity contribution in [1.82, 2.24) is 0 Å².